The predicted molar refractivity (Wildman–Crippen MR) is 151 cm³/mol. The summed E-state index contributed by atoms with van der Waals surface area (Å²) < 4.78 is 42.1. The third-order valence-electron chi connectivity index (χ3n) is 6.04. The minimum absolute atomic E-state index is 0.0202. The summed E-state index contributed by atoms with van der Waals surface area (Å²) >= 11 is 0. The fourth-order valence-electron chi connectivity index (χ4n) is 4.07. The van der Waals surface area contributed by atoms with Gasteiger partial charge in [0.25, 0.3) is 5.56 Å². The van der Waals surface area contributed by atoms with Crippen molar-refractivity contribution in [2.45, 2.75) is 45.5 Å². The van der Waals surface area contributed by atoms with E-state index >= 15 is 0 Å². The van der Waals surface area contributed by atoms with E-state index in [4.69, 9.17) is 5.11 Å². The molecule has 0 aromatic carbocycles. The summed E-state index contributed by atoms with van der Waals surface area (Å²) in [7, 11) is 3.14. The number of pyridine rings is 2. The molecule has 42 heavy (non-hydrogen) atoms. The maximum atomic E-state index is 13.6. The Kier molecular flexibility index (Phi) is 9.94. The fourth-order valence-corrected chi connectivity index (χ4v) is 4.07. The van der Waals surface area contributed by atoms with Crippen molar-refractivity contribution in [1.29, 1.82) is 0 Å². The second-order valence-electron chi connectivity index (χ2n) is 9.92. The van der Waals surface area contributed by atoms with Crippen molar-refractivity contribution in [2.24, 2.45) is 0 Å². The average Bonchev–Trinajstić information content (AvgIpc) is 3.30. The van der Waals surface area contributed by atoms with Crippen molar-refractivity contribution >= 4 is 40.7 Å². The molecule has 3 aromatic heterocycles. The zero-order chi connectivity index (χ0) is 31.2. The molecule has 3 aromatic rings. The molecule has 3 amide bonds. The molecule has 3 heterocycles. The number of aromatic amines is 1. The van der Waals surface area contributed by atoms with Gasteiger partial charge in [-0.15, -0.1) is 0 Å². The molecule has 0 saturated carbocycles. The molecule has 0 aliphatic carbocycles. The highest BCUT2D eigenvalue weighted by molar-refractivity contribution is 5.96. The van der Waals surface area contributed by atoms with Gasteiger partial charge in [-0.1, -0.05) is 17.7 Å². The Bertz CT molecular complexity index is 1600. The number of hydrogen-bond acceptors (Lipinski definition) is 5. The summed E-state index contributed by atoms with van der Waals surface area (Å²) in [6, 6.07) is 3.16. The first-order chi connectivity index (χ1) is 19.7. The Balaban J connectivity index is 1.84. The van der Waals surface area contributed by atoms with Crippen molar-refractivity contribution in [1.82, 2.24) is 24.8 Å². The van der Waals surface area contributed by atoms with Crippen LogP contribution in [-0.2, 0) is 22.3 Å². The Labute approximate surface area is 238 Å². The van der Waals surface area contributed by atoms with E-state index in [1.807, 2.05) is 0 Å². The third kappa shape index (κ3) is 8.08. The number of H-pyrrole nitrogens is 1. The zero-order valence-electron chi connectivity index (χ0n) is 23.4. The number of nitrogens with one attached hydrogen (secondary N) is 3. The molecule has 14 heteroatoms. The van der Waals surface area contributed by atoms with Crippen LogP contribution in [0.15, 0.2) is 53.1 Å². The first kappa shape index (κ1) is 31.6. The van der Waals surface area contributed by atoms with Gasteiger partial charge in [-0.3, -0.25) is 19.4 Å². The minimum atomic E-state index is -4.62. The quantitative estimate of drug-likeness (QED) is 0.261. The highest BCUT2D eigenvalue weighted by Crippen LogP contribution is 2.35. The maximum Gasteiger partial charge on any atom is 0.418 e. The first-order valence-corrected chi connectivity index (χ1v) is 12.8. The van der Waals surface area contributed by atoms with Crippen molar-refractivity contribution in [3.8, 4) is 0 Å². The number of aromatic nitrogens is 3. The van der Waals surface area contributed by atoms with E-state index in [0.717, 1.165) is 6.20 Å². The van der Waals surface area contributed by atoms with Gasteiger partial charge in [-0.25, -0.2) is 4.79 Å². The number of likely N-dealkylation sites (N-methyl/N-ethyl adjacent to an activating group) is 1. The molecule has 224 valence electrons. The standard InChI is InChI=1S/C28H31F3N6O5/c1-16(2)12-18-19(28(29,30)31)14-32-22-13-17(33-24(18)22)15-37-11-7-9-21(26(37)40)34-25(39)20(35-27(41)42)8-5-6-10-23(38)36(3)4/h6-7,9-14,20,33,35H,5,8,15H2,1-4H3,(H,34,39)(H,41,42). The molecule has 1 unspecified atom stereocenters. The average molecular weight is 589 g/mol. The third-order valence-corrected chi connectivity index (χ3v) is 6.04. The van der Waals surface area contributed by atoms with Crippen LogP contribution < -0.4 is 16.2 Å². The van der Waals surface area contributed by atoms with E-state index in [1.165, 1.54) is 52.1 Å². The number of rotatable bonds is 10. The number of nitrogens with zero attached hydrogens (tertiary/aromatic N) is 3. The van der Waals surface area contributed by atoms with Gasteiger partial charge in [0.2, 0.25) is 11.8 Å². The van der Waals surface area contributed by atoms with Crippen molar-refractivity contribution < 1.29 is 32.7 Å². The molecule has 0 bridgehead atoms. The predicted octanol–water partition coefficient (Wildman–Crippen LogP) is 4.21. The number of allylic oxidation sites excluding steroid dienone is 2. The molecule has 0 fully saturated rings. The van der Waals surface area contributed by atoms with Crippen LogP contribution in [0.4, 0.5) is 23.7 Å². The second-order valence-corrected chi connectivity index (χ2v) is 9.92. The molecular weight excluding hydrogens is 557 g/mol. The number of halogens is 3. The normalized spacial score (nSPS) is 12.3. The largest absolute Gasteiger partial charge is 0.465 e. The molecule has 0 aliphatic heterocycles. The lowest BCUT2D eigenvalue weighted by atomic mass is 10.1. The van der Waals surface area contributed by atoms with Crippen LogP contribution in [0, 0.1) is 0 Å². The van der Waals surface area contributed by atoms with Gasteiger partial charge in [-0.05, 0) is 51.0 Å². The van der Waals surface area contributed by atoms with E-state index in [0.29, 0.717) is 11.3 Å². The molecular formula is C28H31F3N6O5. The fraction of sp³-hybridized carbons (Fsp3) is 0.321. The number of carboxylic acid groups (broad SMARTS) is 1. The maximum absolute atomic E-state index is 13.6. The summed E-state index contributed by atoms with van der Waals surface area (Å²) in [5.41, 5.74) is -0.205. The molecule has 0 radical (unpaired) electrons. The Hall–Kier alpha value is -4.88. The van der Waals surface area contributed by atoms with Crippen LogP contribution in [0.3, 0.4) is 0 Å². The summed E-state index contributed by atoms with van der Waals surface area (Å²) in [5, 5.41) is 13.7. The molecule has 0 saturated heterocycles. The highest BCUT2D eigenvalue weighted by Gasteiger charge is 2.34. The number of fused-ring (bicyclic) bond motifs is 1. The van der Waals surface area contributed by atoms with E-state index < -0.39 is 35.3 Å². The summed E-state index contributed by atoms with van der Waals surface area (Å²) in [6.07, 6.45) is 0.598. The molecule has 4 N–H and O–H groups in total. The Morgan fingerprint density at radius 3 is 2.57 bits per heavy atom. The minimum Gasteiger partial charge on any atom is -0.465 e. The first-order valence-electron chi connectivity index (χ1n) is 12.8. The number of amides is 3. The van der Waals surface area contributed by atoms with Crippen LogP contribution in [0.1, 0.15) is 43.5 Å². The molecule has 0 spiro atoms. The number of carbonyl (C=O) groups excluding carboxylic acids is 2. The van der Waals surface area contributed by atoms with Gasteiger partial charge in [0.05, 0.1) is 23.1 Å². The van der Waals surface area contributed by atoms with Crippen molar-refractivity contribution in [3.05, 3.63) is 75.5 Å². The van der Waals surface area contributed by atoms with E-state index in [2.05, 4.69) is 20.6 Å². The topological polar surface area (TPSA) is 149 Å². The number of anilines is 1. The molecule has 1 atom stereocenters. The lowest BCUT2D eigenvalue weighted by Gasteiger charge is -2.16. The summed E-state index contributed by atoms with van der Waals surface area (Å²) in [4.78, 5) is 57.1. The molecule has 3 rings (SSSR count). The van der Waals surface area contributed by atoms with Gasteiger partial charge >= 0.3 is 12.3 Å². The number of carbonyl (C=O) groups is 3. The van der Waals surface area contributed by atoms with Crippen LogP contribution >= 0.6 is 0 Å². The van der Waals surface area contributed by atoms with Crippen molar-refractivity contribution in [2.75, 3.05) is 19.4 Å². The Morgan fingerprint density at radius 1 is 1.24 bits per heavy atom. The highest BCUT2D eigenvalue weighted by atomic mass is 19.4. The van der Waals surface area contributed by atoms with E-state index in [9.17, 15) is 32.3 Å². The Morgan fingerprint density at radius 2 is 1.95 bits per heavy atom. The number of alkyl halides is 3. The van der Waals surface area contributed by atoms with Crippen LogP contribution in [-0.4, -0.2) is 62.6 Å². The van der Waals surface area contributed by atoms with Crippen LogP contribution in [0.2, 0.25) is 0 Å². The van der Waals surface area contributed by atoms with Gasteiger partial charge in [0, 0.05) is 37.7 Å². The van der Waals surface area contributed by atoms with Gasteiger partial charge in [0.1, 0.15) is 11.7 Å². The van der Waals surface area contributed by atoms with Crippen LogP contribution in [0.5, 0.6) is 0 Å². The zero-order valence-corrected chi connectivity index (χ0v) is 23.4. The van der Waals surface area contributed by atoms with E-state index in [1.54, 1.807) is 27.9 Å². The lowest BCUT2D eigenvalue weighted by molar-refractivity contribution is -0.137. The lowest BCUT2D eigenvalue weighted by Crippen LogP contribution is -2.44. The monoisotopic (exact) mass is 588 g/mol. The van der Waals surface area contributed by atoms with Crippen molar-refractivity contribution in [3.63, 3.8) is 0 Å². The number of hydrogen-bond donors (Lipinski definition) is 4. The SMILES string of the molecule is CC(C)=Cc1c(C(F)(F)F)cnc2cc(Cn3cccc(NC(=O)C(CCC=CC(=O)N(C)C)NC(=O)O)c3=O)[nH]c12. The van der Waals surface area contributed by atoms with E-state index in [-0.39, 0.29) is 47.6 Å². The van der Waals surface area contributed by atoms with Crippen LogP contribution in [0.25, 0.3) is 17.1 Å². The summed E-state index contributed by atoms with van der Waals surface area (Å²) in [5.74, 6) is -1.05. The van der Waals surface area contributed by atoms with Gasteiger partial charge in [-0.2, -0.15) is 13.2 Å². The molecule has 0 aliphatic rings. The smallest absolute Gasteiger partial charge is 0.418 e. The van der Waals surface area contributed by atoms with Gasteiger partial charge < -0.3 is 30.2 Å². The van der Waals surface area contributed by atoms with Gasteiger partial charge in [0.15, 0.2) is 0 Å². The second kappa shape index (κ2) is 13.2. The molecule has 11 nitrogen and oxygen atoms in total. The summed E-state index contributed by atoms with van der Waals surface area (Å²) in [6.45, 7) is 3.28.